The van der Waals surface area contributed by atoms with Gasteiger partial charge in [-0.05, 0) is 107 Å². The number of rotatable bonds is 7. The Morgan fingerprint density at radius 1 is 1.19 bits per heavy atom. The van der Waals surface area contributed by atoms with Crippen molar-refractivity contribution >= 4 is 51.2 Å². The lowest BCUT2D eigenvalue weighted by molar-refractivity contribution is 0.238. The van der Waals surface area contributed by atoms with Crippen molar-refractivity contribution in [3.05, 3.63) is 49.1 Å². The molecule has 27 heavy (non-hydrogen) atoms. The van der Waals surface area contributed by atoms with Gasteiger partial charge >= 0.3 is 6.03 Å². The van der Waals surface area contributed by atoms with E-state index in [1.54, 1.807) is 24.3 Å². The highest BCUT2D eigenvalue weighted by molar-refractivity contribution is 14.1. The van der Waals surface area contributed by atoms with Crippen molar-refractivity contribution in [1.82, 2.24) is 10.6 Å². The van der Waals surface area contributed by atoms with Crippen molar-refractivity contribution in [2.45, 2.75) is 32.4 Å². The fraction of sp³-hybridized carbons (Fsp3) is 0.316. The molecule has 0 saturated heterocycles. The van der Waals surface area contributed by atoms with E-state index in [0.29, 0.717) is 18.7 Å². The summed E-state index contributed by atoms with van der Waals surface area (Å²) in [5.74, 6) is 1.63. The van der Waals surface area contributed by atoms with E-state index in [2.05, 4.69) is 55.8 Å². The Hall–Kier alpha value is -1.27. The van der Waals surface area contributed by atoms with Crippen LogP contribution < -0.4 is 21.1 Å². The predicted octanol–water partition coefficient (Wildman–Crippen LogP) is 3.97. The number of carbonyl (C=O) groups excluding carboxylic acids is 1. The third-order valence-corrected chi connectivity index (χ3v) is 5.16. The van der Waals surface area contributed by atoms with Crippen LogP contribution >= 0.6 is 45.2 Å². The van der Waals surface area contributed by atoms with Gasteiger partial charge in [-0.1, -0.05) is 0 Å². The summed E-state index contributed by atoms with van der Waals surface area (Å²) in [6.45, 7) is 4.22. The van der Waals surface area contributed by atoms with E-state index in [4.69, 9.17) is 10.5 Å². The van der Waals surface area contributed by atoms with Crippen LogP contribution in [0.5, 0.6) is 17.2 Å². The molecule has 2 amide bonds. The Morgan fingerprint density at radius 2 is 1.78 bits per heavy atom. The highest BCUT2D eigenvalue weighted by atomic mass is 127. The number of phenols is 1. The topological polar surface area (TPSA) is 96.6 Å². The molecule has 2 rings (SSSR count). The van der Waals surface area contributed by atoms with Crippen molar-refractivity contribution < 1.29 is 14.6 Å². The highest BCUT2D eigenvalue weighted by Crippen LogP contribution is 2.33. The lowest BCUT2D eigenvalue weighted by atomic mass is 10.1. The molecule has 1 atom stereocenters. The Bertz CT molecular complexity index is 759. The van der Waals surface area contributed by atoms with Gasteiger partial charge in [-0.15, -0.1) is 0 Å². The van der Waals surface area contributed by atoms with Gasteiger partial charge in [0, 0.05) is 18.6 Å². The van der Waals surface area contributed by atoms with E-state index in [1.807, 2.05) is 26.0 Å². The average molecular weight is 595 g/mol. The Kier molecular flexibility index (Phi) is 8.42. The first-order valence-electron chi connectivity index (χ1n) is 8.49. The van der Waals surface area contributed by atoms with Crippen molar-refractivity contribution in [3.8, 4) is 17.2 Å². The molecule has 2 aromatic carbocycles. The van der Waals surface area contributed by atoms with Crippen LogP contribution in [0.1, 0.15) is 19.4 Å². The van der Waals surface area contributed by atoms with Crippen LogP contribution in [0.4, 0.5) is 4.79 Å². The molecule has 0 heterocycles. The molecular formula is C19H23I2N3O3. The van der Waals surface area contributed by atoms with Crippen LogP contribution in [-0.2, 0) is 6.42 Å². The quantitative estimate of drug-likeness (QED) is 0.365. The minimum absolute atomic E-state index is 0.0884. The van der Waals surface area contributed by atoms with Crippen LogP contribution in [0.3, 0.4) is 0 Å². The number of ether oxygens (including phenoxy) is 1. The summed E-state index contributed by atoms with van der Waals surface area (Å²) in [6, 6.07) is 10.4. The summed E-state index contributed by atoms with van der Waals surface area (Å²) in [5.41, 5.74) is 7.24. The number of phenolic OH excluding ortho intramolecular Hbond substituents is 1. The maximum absolute atomic E-state index is 11.6. The third-order valence-electron chi connectivity index (χ3n) is 3.56. The standard InChI is InChI=1S/C19H23I2N3O3/c1-11(2)24-19(26)23-10-13(22)7-12-8-16(20)18(17(21)9-12)27-15-5-3-14(25)4-6-15/h3-6,8-9,11,13,25H,7,10,22H2,1-2H3,(H2,23,24,26)/t13-/m0/s1. The van der Waals surface area contributed by atoms with E-state index >= 15 is 0 Å². The molecule has 0 fully saturated rings. The summed E-state index contributed by atoms with van der Waals surface area (Å²) in [6.07, 6.45) is 0.646. The molecule has 146 valence electrons. The number of hydrogen-bond acceptors (Lipinski definition) is 4. The molecule has 8 heteroatoms. The van der Waals surface area contributed by atoms with Gasteiger partial charge in [0.05, 0.1) is 7.14 Å². The number of benzene rings is 2. The van der Waals surface area contributed by atoms with Crippen LogP contribution in [0.2, 0.25) is 0 Å². The zero-order chi connectivity index (χ0) is 20.0. The van der Waals surface area contributed by atoms with Gasteiger partial charge in [-0.3, -0.25) is 0 Å². The summed E-state index contributed by atoms with van der Waals surface area (Å²) >= 11 is 4.47. The molecule has 2 aromatic rings. The number of urea groups is 1. The second-order valence-electron chi connectivity index (χ2n) is 6.46. The number of hydrogen-bond donors (Lipinski definition) is 4. The SMILES string of the molecule is CC(C)NC(=O)NC[C@@H](N)Cc1cc(I)c(Oc2ccc(O)cc2)c(I)c1. The normalized spacial score (nSPS) is 11.9. The van der Waals surface area contributed by atoms with Gasteiger partial charge in [0.1, 0.15) is 11.5 Å². The molecule has 0 aromatic heterocycles. The molecule has 0 spiro atoms. The number of carbonyl (C=O) groups is 1. The Balaban J connectivity index is 1.98. The molecule has 0 radical (unpaired) electrons. The van der Waals surface area contributed by atoms with Gasteiger partial charge in [0.2, 0.25) is 0 Å². The zero-order valence-corrected chi connectivity index (χ0v) is 19.4. The maximum Gasteiger partial charge on any atom is 0.315 e. The summed E-state index contributed by atoms with van der Waals surface area (Å²) in [7, 11) is 0. The molecule has 0 unspecified atom stereocenters. The summed E-state index contributed by atoms with van der Waals surface area (Å²) < 4.78 is 7.89. The largest absolute Gasteiger partial charge is 0.508 e. The number of nitrogens with one attached hydrogen (secondary N) is 2. The molecular weight excluding hydrogens is 572 g/mol. The Labute approximate surface area is 186 Å². The lowest BCUT2D eigenvalue weighted by Crippen LogP contribution is -2.45. The fourth-order valence-corrected chi connectivity index (χ4v) is 4.49. The highest BCUT2D eigenvalue weighted by Gasteiger charge is 2.13. The first-order valence-corrected chi connectivity index (χ1v) is 10.6. The summed E-state index contributed by atoms with van der Waals surface area (Å²) in [4.78, 5) is 11.6. The third kappa shape index (κ3) is 7.34. The van der Waals surface area contributed by atoms with Gasteiger partial charge in [-0.25, -0.2) is 4.79 Å². The monoisotopic (exact) mass is 595 g/mol. The summed E-state index contributed by atoms with van der Waals surface area (Å²) in [5, 5.41) is 14.9. The van der Waals surface area contributed by atoms with E-state index in [-0.39, 0.29) is 23.9 Å². The van der Waals surface area contributed by atoms with Crippen molar-refractivity contribution in [3.63, 3.8) is 0 Å². The molecule has 0 aliphatic rings. The van der Waals surface area contributed by atoms with Crippen molar-refractivity contribution in [2.75, 3.05) is 6.54 Å². The van der Waals surface area contributed by atoms with E-state index < -0.39 is 0 Å². The van der Waals surface area contributed by atoms with Crippen LogP contribution in [-0.4, -0.2) is 29.8 Å². The second-order valence-corrected chi connectivity index (χ2v) is 8.78. The van der Waals surface area contributed by atoms with Crippen molar-refractivity contribution in [2.24, 2.45) is 5.73 Å². The molecule has 0 saturated carbocycles. The van der Waals surface area contributed by atoms with Crippen LogP contribution in [0.15, 0.2) is 36.4 Å². The van der Waals surface area contributed by atoms with E-state index in [9.17, 15) is 9.90 Å². The fourth-order valence-electron chi connectivity index (χ4n) is 2.37. The number of aromatic hydroxyl groups is 1. The van der Waals surface area contributed by atoms with Crippen LogP contribution in [0, 0.1) is 7.14 Å². The molecule has 6 nitrogen and oxygen atoms in total. The van der Waals surface area contributed by atoms with Gasteiger partial charge < -0.3 is 26.2 Å². The molecule has 0 aliphatic heterocycles. The number of nitrogens with two attached hydrogens (primary N) is 1. The number of halogens is 2. The van der Waals surface area contributed by atoms with Crippen LogP contribution in [0.25, 0.3) is 0 Å². The molecule has 0 bridgehead atoms. The van der Waals surface area contributed by atoms with E-state index in [1.165, 1.54) is 0 Å². The lowest BCUT2D eigenvalue weighted by Gasteiger charge is -2.16. The maximum atomic E-state index is 11.6. The van der Waals surface area contributed by atoms with E-state index in [0.717, 1.165) is 18.5 Å². The smallest absolute Gasteiger partial charge is 0.315 e. The molecule has 0 aliphatic carbocycles. The van der Waals surface area contributed by atoms with Gasteiger partial charge in [0.25, 0.3) is 0 Å². The van der Waals surface area contributed by atoms with Gasteiger partial charge in [0.15, 0.2) is 5.75 Å². The minimum Gasteiger partial charge on any atom is -0.508 e. The zero-order valence-electron chi connectivity index (χ0n) is 15.1. The number of amides is 2. The first kappa shape index (κ1) is 22.0. The second kappa shape index (κ2) is 10.3. The first-order chi connectivity index (χ1) is 12.7. The average Bonchev–Trinajstić information content (AvgIpc) is 2.57. The van der Waals surface area contributed by atoms with Crippen molar-refractivity contribution in [1.29, 1.82) is 0 Å². The minimum atomic E-state index is -0.206. The Morgan fingerprint density at radius 3 is 2.33 bits per heavy atom. The molecule has 5 N–H and O–H groups in total. The predicted molar refractivity (Wildman–Crippen MR) is 123 cm³/mol. The van der Waals surface area contributed by atoms with Gasteiger partial charge in [-0.2, -0.15) is 0 Å².